The predicted molar refractivity (Wildman–Crippen MR) is 91.1 cm³/mol. The van der Waals surface area contributed by atoms with Crippen LogP contribution in [-0.2, 0) is 10.3 Å². The first-order valence-corrected chi connectivity index (χ1v) is 7.98. The van der Waals surface area contributed by atoms with Gasteiger partial charge in [-0.25, -0.2) is 9.38 Å². The van der Waals surface area contributed by atoms with E-state index >= 15 is 0 Å². The summed E-state index contributed by atoms with van der Waals surface area (Å²) in [6, 6.07) is 6.82. The van der Waals surface area contributed by atoms with Gasteiger partial charge in [0.2, 0.25) is 0 Å². The summed E-state index contributed by atoms with van der Waals surface area (Å²) >= 11 is 0. The number of halogens is 4. The molecule has 0 radical (unpaired) electrons. The SMILES string of the molecule is C[C@@]1(c2cc(C#Cc3cccnc3)ccc2F)C[C@@H](C(F)(F)F)OC(N)=N1. The Morgan fingerprint density at radius 2 is 1.96 bits per heavy atom. The number of nitrogens with two attached hydrogens (primary N) is 1. The first kappa shape index (κ1) is 18.7. The van der Waals surface area contributed by atoms with Crippen LogP contribution in [-0.4, -0.2) is 23.3 Å². The smallest absolute Gasteiger partial charge is 0.425 e. The second-order valence-corrected chi connectivity index (χ2v) is 6.26. The summed E-state index contributed by atoms with van der Waals surface area (Å²) in [5.41, 5.74) is 4.96. The van der Waals surface area contributed by atoms with Gasteiger partial charge >= 0.3 is 6.18 Å². The number of benzene rings is 1. The Morgan fingerprint density at radius 1 is 1.22 bits per heavy atom. The van der Waals surface area contributed by atoms with Crippen LogP contribution in [0, 0.1) is 17.7 Å². The van der Waals surface area contributed by atoms with Gasteiger partial charge in [0.25, 0.3) is 6.02 Å². The van der Waals surface area contributed by atoms with E-state index in [-0.39, 0.29) is 5.56 Å². The van der Waals surface area contributed by atoms with E-state index in [0.29, 0.717) is 11.1 Å². The second-order valence-electron chi connectivity index (χ2n) is 6.26. The van der Waals surface area contributed by atoms with E-state index in [1.165, 1.54) is 19.1 Å². The Kier molecular flexibility index (Phi) is 4.79. The zero-order chi connectivity index (χ0) is 19.7. The van der Waals surface area contributed by atoms with Crippen LogP contribution >= 0.6 is 0 Å². The standard InChI is InChI=1S/C19H15F4N3O/c1-18(10-16(19(21,22)23)27-17(24)26-18)14-9-12(6-7-15(14)20)4-5-13-3-2-8-25-11-13/h2-3,6-9,11,16H,10H2,1H3,(H2,24,26)/t16-,18-/m0/s1. The van der Waals surface area contributed by atoms with E-state index < -0.39 is 36.1 Å². The molecule has 3 rings (SSSR count). The van der Waals surface area contributed by atoms with Crippen molar-refractivity contribution in [3.63, 3.8) is 0 Å². The molecule has 140 valence electrons. The van der Waals surface area contributed by atoms with Gasteiger partial charge in [-0.3, -0.25) is 4.98 Å². The van der Waals surface area contributed by atoms with E-state index in [4.69, 9.17) is 5.73 Å². The number of rotatable bonds is 1. The fourth-order valence-corrected chi connectivity index (χ4v) is 2.81. The van der Waals surface area contributed by atoms with Crippen LogP contribution in [0.5, 0.6) is 0 Å². The Labute approximate surface area is 153 Å². The Balaban J connectivity index is 1.99. The van der Waals surface area contributed by atoms with Crippen molar-refractivity contribution in [2.24, 2.45) is 10.7 Å². The Hall–Kier alpha value is -3.08. The van der Waals surface area contributed by atoms with Gasteiger partial charge < -0.3 is 10.5 Å². The third kappa shape index (κ3) is 4.19. The van der Waals surface area contributed by atoms with Gasteiger partial charge in [0.15, 0.2) is 6.10 Å². The largest absolute Gasteiger partial charge is 0.452 e. The summed E-state index contributed by atoms with van der Waals surface area (Å²) in [6.45, 7) is 1.39. The minimum absolute atomic E-state index is 0.0269. The van der Waals surface area contributed by atoms with Crippen LogP contribution in [0.1, 0.15) is 30.0 Å². The third-order valence-corrected chi connectivity index (χ3v) is 4.13. The summed E-state index contributed by atoms with van der Waals surface area (Å²) in [4.78, 5) is 7.88. The zero-order valence-electron chi connectivity index (χ0n) is 14.2. The summed E-state index contributed by atoms with van der Waals surface area (Å²) < 4.78 is 58.3. The van der Waals surface area contributed by atoms with Crippen molar-refractivity contribution in [1.82, 2.24) is 4.98 Å². The van der Waals surface area contributed by atoms with Crippen molar-refractivity contribution < 1.29 is 22.3 Å². The molecule has 0 aliphatic carbocycles. The average molecular weight is 377 g/mol. The maximum Gasteiger partial charge on any atom is 0.425 e. The Morgan fingerprint density at radius 3 is 2.63 bits per heavy atom. The van der Waals surface area contributed by atoms with Crippen molar-refractivity contribution >= 4 is 6.02 Å². The van der Waals surface area contributed by atoms with Gasteiger partial charge in [0.1, 0.15) is 5.82 Å². The van der Waals surface area contributed by atoms with Crippen LogP contribution in [0.25, 0.3) is 0 Å². The molecule has 1 aromatic carbocycles. The van der Waals surface area contributed by atoms with Crippen LogP contribution in [0.3, 0.4) is 0 Å². The van der Waals surface area contributed by atoms with E-state index in [2.05, 4.69) is 26.6 Å². The molecule has 1 aliphatic rings. The Bertz CT molecular complexity index is 931. The molecule has 0 spiro atoms. The van der Waals surface area contributed by atoms with Crippen LogP contribution in [0.15, 0.2) is 47.7 Å². The lowest BCUT2D eigenvalue weighted by atomic mass is 9.84. The number of amidine groups is 1. The number of alkyl halides is 3. The number of ether oxygens (including phenoxy) is 1. The molecule has 0 unspecified atom stereocenters. The number of hydrogen-bond acceptors (Lipinski definition) is 4. The van der Waals surface area contributed by atoms with Gasteiger partial charge in [-0.1, -0.05) is 11.8 Å². The summed E-state index contributed by atoms with van der Waals surface area (Å²) in [5, 5.41) is 0. The van der Waals surface area contributed by atoms with Crippen molar-refractivity contribution in [1.29, 1.82) is 0 Å². The molecule has 27 heavy (non-hydrogen) atoms. The summed E-state index contributed by atoms with van der Waals surface area (Å²) in [6.07, 6.45) is -4.23. The molecule has 0 amide bonds. The molecule has 0 saturated heterocycles. The first-order chi connectivity index (χ1) is 12.7. The highest BCUT2D eigenvalue weighted by Crippen LogP contribution is 2.40. The van der Waals surface area contributed by atoms with Crippen molar-refractivity contribution in [2.75, 3.05) is 0 Å². The predicted octanol–water partition coefficient (Wildman–Crippen LogP) is 3.50. The molecular formula is C19H15F4N3O. The summed E-state index contributed by atoms with van der Waals surface area (Å²) in [7, 11) is 0. The third-order valence-electron chi connectivity index (χ3n) is 4.13. The lowest BCUT2D eigenvalue weighted by Crippen LogP contribution is -2.46. The van der Waals surface area contributed by atoms with Crippen molar-refractivity contribution in [3.8, 4) is 11.8 Å². The van der Waals surface area contributed by atoms with Gasteiger partial charge in [-0.2, -0.15) is 13.2 Å². The van der Waals surface area contributed by atoms with Crippen molar-refractivity contribution in [2.45, 2.75) is 31.2 Å². The molecule has 2 N–H and O–H groups in total. The van der Waals surface area contributed by atoms with Gasteiger partial charge in [0, 0.05) is 35.5 Å². The highest BCUT2D eigenvalue weighted by molar-refractivity contribution is 5.73. The van der Waals surface area contributed by atoms with Gasteiger partial charge in [-0.05, 0) is 37.3 Å². The number of nitrogens with zero attached hydrogens (tertiary/aromatic N) is 2. The molecule has 2 heterocycles. The molecular weight excluding hydrogens is 362 g/mol. The summed E-state index contributed by atoms with van der Waals surface area (Å²) in [5.74, 6) is 5.02. The fraction of sp³-hybridized carbons (Fsp3) is 0.263. The van der Waals surface area contributed by atoms with Gasteiger partial charge in [0.05, 0.1) is 5.54 Å². The van der Waals surface area contributed by atoms with E-state index in [0.717, 1.165) is 6.07 Å². The monoisotopic (exact) mass is 377 g/mol. The number of hydrogen-bond donors (Lipinski definition) is 1. The van der Waals surface area contributed by atoms with Crippen molar-refractivity contribution in [3.05, 3.63) is 65.2 Å². The minimum Gasteiger partial charge on any atom is -0.452 e. The maximum absolute atomic E-state index is 14.4. The van der Waals surface area contributed by atoms with E-state index in [9.17, 15) is 17.6 Å². The molecule has 0 bridgehead atoms. The number of pyridine rings is 1. The molecule has 0 fully saturated rings. The highest BCUT2D eigenvalue weighted by atomic mass is 19.4. The molecule has 1 aliphatic heterocycles. The maximum atomic E-state index is 14.4. The van der Waals surface area contributed by atoms with E-state index in [1.54, 1.807) is 24.5 Å². The molecule has 0 saturated carbocycles. The topological polar surface area (TPSA) is 60.5 Å². The average Bonchev–Trinajstić information content (AvgIpc) is 2.60. The number of aliphatic imine (C=N–C) groups is 1. The minimum atomic E-state index is -4.64. The highest BCUT2D eigenvalue weighted by Gasteiger charge is 2.50. The molecule has 4 nitrogen and oxygen atoms in total. The normalized spacial score (nSPS) is 22.3. The van der Waals surface area contributed by atoms with Crippen LogP contribution in [0.4, 0.5) is 17.6 Å². The molecule has 2 atom stereocenters. The van der Waals surface area contributed by atoms with Gasteiger partial charge in [-0.15, -0.1) is 0 Å². The van der Waals surface area contributed by atoms with Crippen LogP contribution < -0.4 is 5.73 Å². The first-order valence-electron chi connectivity index (χ1n) is 7.98. The number of aromatic nitrogens is 1. The quantitative estimate of drug-likeness (QED) is 0.611. The molecule has 8 heteroatoms. The molecule has 2 aromatic rings. The zero-order valence-corrected chi connectivity index (χ0v) is 14.2. The lowest BCUT2D eigenvalue weighted by molar-refractivity contribution is -0.208. The van der Waals surface area contributed by atoms with Crippen LogP contribution in [0.2, 0.25) is 0 Å². The second kappa shape index (κ2) is 6.91. The van der Waals surface area contributed by atoms with E-state index in [1.807, 2.05) is 0 Å². The lowest BCUT2D eigenvalue weighted by Gasteiger charge is -2.35. The molecule has 1 aromatic heterocycles. The fourth-order valence-electron chi connectivity index (χ4n) is 2.81.